The molecule has 0 saturated heterocycles. The summed E-state index contributed by atoms with van der Waals surface area (Å²) in [5.74, 6) is 0.218. The Kier molecular flexibility index (Phi) is 5.95. The summed E-state index contributed by atoms with van der Waals surface area (Å²) in [5.41, 5.74) is 4.79. The molecule has 0 bridgehead atoms. The van der Waals surface area contributed by atoms with Gasteiger partial charge in [-0.05, 0) is 51.4 Å². The van der Waals surface area contributed by atoms with Crippen molar-refractivity contribution in [3.63, 3.8) is 0 Å². The fourth-order valence-corrected chi connectivity index (χ4v) is 3.56. The summed E-state index contributed by atoms with van der Waals surface area (Å²) in [4.78, 5) is 15.2. The largest absolute Gasteiger partial charge is 0.349 e. The molecule has 1 unspecified atom stereocenters. The van der Waals surface area contributed by atoms with E-state index in [0.717, 1.165) is 30.8 Å². The average molecular weight is 404 g/mol. The Morgan fingerprint density at radius 2 is 1.87 bits per heavy atom. The van der Waals surface area contributed by atoms with Gasteiger partial charge in [0.1, 0.15) is 0 Å². The fraction of sp³-hybridized carbons (Fsp3) is 0.375. The maximum Gasteiger partial charge on any atom is 0.273 e. The molecule has 1 fully saturated rings. The zero-order valence-corrected chi connectivity index (χ0v) is 17.9. The highest BCUT2D eigenvalue weighted by molar-refractivity contribution is 5.93. The number of carbonyl (C=O) groups excluding carboxylic acids is 1. The third-order valence-corrected chi connectivity index (χ3v) is 5.75. The van der Waals surface area contributed by atoms with Gasteiger partial charge in [0.25, 0.3) is 5.91 Å². The maximum absolute atomic E-state index is 12.9. The molecule has 1 N–H and O–H groups in total. The summed E-state index contributed by atoms with van der Waals surface area (Å²) in [6, 6.07) is 18.7. The molecule has 2 aromatic carbocycles. The number of amides is 1. The molecule has 1 aliphatic carbocycles. The van der Waals surface area contributed by atoms with Crippen molar-refractivity contribution >= 4 is 5.91 Å². The van der Waals surface area contributed by atoms with Gasteiger partial charge in [-0.15, -0.1) is 5.10 Å². The molecule has 1 aromatic heterocycles. The predicted molar refractivity (Wildman–Crippen MR) is 118 cm³/mol. The minimum Gasteiger partial charge on any atom is -0.349 e. The van der Waals surface area contributed by atoms with Gasteiger partial charge in [0, 0.05) is 25.0 Å². The monoisotopic (exact) mass is 403 g/mol. The lowest BCUT2D eigenvalue weighted by Crippen LogP contribution is -2.40. The average Bonchev–Trinajstić information content (AvgIpc) is 3.51. The highest BCUT2D eigenvalue weighted by Crippen LogP contribution is 2.41. The number of aryl methyl sites for hydroxylation is 1. The van der Waals surface area contributed by atoms with Crippen LogP contribution in [0.15, 0.2) is 54.6 Å². The second-order valence-corrected chi connectivity index (χ2v) is 8.30. The van der Waals surface area contributed by atoms with Crippen molar-refractivity contribution in [3.05, 3.63) is 77.1 Å². The Balaban J connectivity index is 1.43. The molecule has 3 aromatic rings. The van der Waals surface area contributed by atoms with Gasteiger partial charge >= 0.3 is 0 Å². The van der Waals surface area contributed by atoms with E-state index in [9.17, 15) is 4.79 Å². The minimum atomic E-state index is -0.143. The summed E-state index contributed by atoms with van der Waals surface area (Å²) in [6.45, 7) is 5.58. The molecule has 1 heterocycles. The summed E-state index contributed by atoms with van der Waals surface area (Å²) < 4.78 is 1.83. The Morgan fingerprint density at radius 1 is 1.17 bits per heavy atom. The van der Waals surface area contributed by atoms with Gasteiger partial charge < -0.3 is 5.32 Å². The zero-order chi connectivity index (χ0) is 21.1. The number of rotatable bonds is 8. The number of aromatic nitrogens is 3. The first-order valence-electron chi connectivity index (χ1n) is 10.6. The van der Waals surface area contributed by atoms with Crippen molar-refractivity contribution in [2.24, 2.45) is 0 Å². The van der Waals surface area contributed by atoms with Gasteiger partial charge in [0.2, 0.25) is 0 Å². The standard InChI is InChI=1S/C24H29N5O/c1-17-9-13-21(14-10-17)29-23(20-11-12-20)22(26-27-29)24(30)25-15-18(2)28(3)16-19-7-5-4-6-8-19/h4-10,13-14,18,20H,11-12,15-16H2,1-3H3,(H,25,30). The molecule has 156 valence electrons. The van der Waals surface area contributed by atoms with Gasteiger partial charge in [-0.3, -0.25) is 9.69 Å². The number of hydrogen-bond donors (Lipinski definition) is 1. The number of benzene rings is 2. The van der Waals surface area contributed by atoms with Gasteiger partial charge in [-0.2, -0.15) is 0 Å². The summed E-state index contributed by atoms with van der Waals surface area (Å²) >= 11 is 0. The molecule has 0 spiro atoms. The molecule has 30 heavy (non-hydrogen) atoms. The van der Waals surface area contributed by atoms with E-state index in [4.69, 9.17) is 0 Å². The third kappa shape index (κ3) is 4.60. The van der Waals surface area contributed by atoms with Crippen molar-refractivity contribution in [1.29, 1.82) is 0 Å². The van der Waals surface area contributed by atoms with Crippen LogP contribution in [0.1, 0.15) is 53.0 Å². The quantitative estimate of drug-likeness (QED) is 0.623. The lowest BCUT2D eigenvalue weighted by atomic mass is 10.1. The summed E-state index contributed by atoms with van der Waals surface area (Å²) in [7, 11) is 2.08. The summed E-state index contributed by atoms with van der Waals surface area (Å²) in [6.07, 6.45) is 2.16. The fourth-order valence-electron chi connectivity index (χ4n) is 3.56. The van der Waals surface area contributed by atoms with Crippen LogP contribution in [-0.2, 0) is 6.54 Å². The van der Waals surface area contributed by atoms with Crippen LogP contribution < -0.4 is 5.32 Å². The van der Waals surface area contributed by atoms with Crippen LogP contribution in [0.2, 0.25) is 0 Å². The molecule has 6 heteroatoms. The van der Waals surface area contributed by atoms with E-state index in [1.54, 1.807) is 0 Å². The summed E-state index contributed by atoms with van der Waals surface area (Å²) in [5, 5.41) is 11.6. The van der Waals surface area contributed by atoms with E-state index in [0.29, 0.717) is 18.2 Å². The van der Waals surface area contributed by atoms with Crippen LogP contribution >= 0.6 is 0 Å². The van der Waals surface area contributed by atoms with Crippen LogP contribution in [0.5, 0.6) is 0 Å². The maximum atomic E-state index is 12.9. The number of likely N-dealkylation sites (N-methyl/N-ethyl adjacent to an activating group) is 1. The van der Waals surface area contributed by atoms with Crippen LogP contribution in [-0.4, -0.2) is 45.4 Å². The molecule has 1 saturated carbocycles. The van der Waals surface area contributed by atoms with E-state index in [2.05, 4.69) is 65.7 Å². The van der Waals surface area contributed by atoms with Crippen LogP contribution in [0.25, 0.3) is 5.69 Å². The van der Waals surface area contributed by atoms with Gasteiger partial charge in [0.05, 0.1) is 11.4 Å². The lowest BCUT2D eigenvalue weighted by Gasteiger charge is -2.25. The van der Waals surface area contributed by atoms with Crippen molar-refractivity contribution in [2.75, 3.05) is 13.6 Å². The smallest absolute Gasteiger partial charge is 0.273 e. The van der Waals surface area contributed by atoms with Crippen LogP contribution in [0.3, 0.4) is 0 Å². The van der Waals surface area contributed by atoms with E-state index in [-0.39, 0.29) is 11.9 Å². The van der Waals surface area contributed by atoms with Crippen LogP contribution in [0.4, 0.5) is 0 Å². The Labute approximate surface area is 177 Å². The Morgan fingerprint density at radius 3 is 2.53 bits per heavy atom. The van der Waals surface area contributed by atoms with Crippen molar-refractivity contribution in [2.45, 2.75) is 45.2 Å². The molecular formula is C24H29N5O. The highest BCUT2D eigenvalue weighted by atomic mass is 16.2. The van der Waals surface area contributed by atoms with Crippen molar-refractivity contribution < 1.29 is 4.79 Å². The lowest BCUT2D eigenvalue weighted by molar-refractivity contribution is 0.0933. The molecule has 0 radical (unpaired) electrons. The van der Waals surface area contributed by atoms with E-state index in [1.165, 1.54) is 11.1 Å². The first kappa shape index (κ1) is 20.3. The molecule has 6 nitrogen and oxygen atoms in total. The third-order valence-electron chi connectivity index (χ3n) is 5.75. The van der Waals surface area contributed by atoms with Crippen molar-refractivity contribution in [3.8, 4) is 5.69 Å². The number of hydrogen-bond acceptors (Lipinski definition) is 4. The minimum absolute atomic E-state index is 0.143. The second kappa shape index (κ2) is 8.79. The first-order valence-corrected chi connectivity index (χ1v) is 10.6. The molecule has 4 rings (SSSR count). The number of nitrogens with zero attached hydrogens (tertiary/aromatic N) is 4. The van der Waals surface area contributed by atoms with Crippen LogP contribution in [0, 0.1) is 6.92 Å². The number of carbonyl (C=O) groups is 1. The van der Waals surface area contributed by atoms with E-state index >= 15 is 0 Å². The molecule has 1 aliphatic rings. The predicted octanol–water partition coefficient (Wildman–Crippen LogP) is 3.70. The Bertz CT molecular complexity index is 992. The number of nitrogens with one attached hydrogen (secondary N) is 1. The SMILES string of the molecule is Cc1ccc(-n2nnc(C(=O)NCC(C)N(C)Cc3ccccc3)c2C2CC2)cc1. The highest BCUT2D eigenvalue weighted by Gasteiger charge is 2.34. The van der Waals surface area contributed by atoms with Gasteiger partial charge in [0.15, 0.2) is 5.69 Å². The first-order chi connectivity index (χ1) is 14.5. The van der Waals surface area contributed by atoms with Gasteiger partial charge in [-0.25, -0.2) is 4.68 Å². The van der Waals surface area contributed by atoms with E-state index < -0.39 is 0 Å². The van der Waals surface area contributed by atoms with Gasteiger partial charge in [-0.1, -0.05) is 53.2 Å². The van der Waals surface area contributed by atoms with Crippen molar-refractivity contribution in [1.82, 2.24) is 25.2 Å². The molecule has 0 aliphatic heterocycles. The van der Waals surface area contributed by atoms with E-state index in [1.807, 2.05) is 35.0 Å². The zero-order valence-electron chi connectivity index (χ0n) is 17.9. The molecule has 1 atom stereocenters. The topological polar surface area (TPSA) is 63.1 Å². The second-order valence-electron chi connectivity index (χ2n) is 8.30. The normalized spacial score (nSPS) is 14.7. The molecule has 1 amide bonds. The molecular weight excluding hydrogens is 374 g/mol. The Hall–Kier alpha value is -2.99.